The first-order valence-corrected chi connectivity index (χ1v) is 8.48. The minimum absolute atomic E-state index is 0.0371. The fourth-order valence-electron chi connectivity index (χ4n) is 1.79. The van der Waals surface area contributed by atoms with E-state index < -0.39 is 13.4 Å². The summed E-state index contributed by atoms with van der Waals surface area (Å²) in [6.45, 7) is 8.25. The van der Waals surface area contributed by atoms with Crippen molar-refractivity contribution >= 4 is 7.60 Å². The summed E-state index contributed by atoms with van der Waals surface area (Å²) >= 11 is 0. The zero-order chi connectivity index (χ0) is 16.3. The molecule has 0 aliphatic heterocycles. The Kier molecular flexibility index (Phi) is 6.11. The number of hydrogen-bond donors (Lipinski definition) is 1. The fourth-order valence-corrected chi connectivity index (χ4v) is 3.30. The molecule has 0 bridgehead atoms. The van der Waals surface area contributed by atoms with E-state index in [1.54, 1.807) is 12.1 Å². The molecule has 0 amide bonds. The lowest BCUT2D eigenvalue weighted by molar-refractivity contribution is 0.233. The van der Waals surface area contributed by atoms with Crippen molar-refractivity contribution in [3.8, 4) is 0 Å². The van der Waals surface area contributed by atoms with Gasteiger partial charge in [0.25, 0.3) is 0 Å². The summed E-state index contributed by atoms with van der Waals surface area (Å²) < 4.78 is 36.2. The van der Waals surface area contributed by atoms with Crippen LogP contribution in [0.5, 0.6) is 0 Å². The van der Waals surface area contributed by atoms with Crippen LogP contribution < -0.4 is 5.32 Å². The van der Waals surface area contributed by atoms with Crippen LogP contribution in [0, 0.1) is 11.2 Å². The SMILES string of the molecule is COP(=O)(OC)[C@@H](N[C@@H](C)C(C)(C)C)c1ccc(F)cc1. The number of nitrogens with one attached hydrogen (secondary N) is 1. The molecule has 1 aromatic carbocycles. The van der Waals surface area contributed by atoms with Crippen molar-refractivity contribution in [2.24, 2.45) is 5.41 Å². The van der Waals surface area contributed by atoms with Crippen molar-refractivity contribution in [1.29, 1.82) is 0 Å². The molecule has 1 N–H and O–H groups in total. The smallest absolute Gasteiger partial charge is 0.311 e. The van der Waals surface area contributed by atoms with Crippen molar-refractivity contribution in [2.75, 3.05) is 14.2 Å². The second-order valence-electron chi connectivity index (χ2n) is 6.11. The highest BCUT2D eigenvalue weighted by Gasteiger charge is 2.38. The third-order valence-corrected chi connectivity index (χ3v) is 5.82. The van der Waals surface area contributed by atoms with Gasteiger partial charge in [-0.3, -0.25) is 9.88 Å². The third-order valence-electron chi connectivity index (χ3n) is 3.72. The van der Waals surface area contributed by atoms with Gasteiger partial charge in [0.15, 0.2) is 0 Å². The molecule has 0 radical (unpaired) electrons. The highest BCUT2D eigenvalue weighted by Crippen LogP contribution is 2.58. The topological polar surface area (TPSA) is 47.6 Å². The molecule has 0 heterocycles. The van der Waals surface area contributed by atoms with E-state index in [1.165, 1.54) is 26.4 Å². The van der Waals surface area contributed by atoms with Gasteiger partial charge >= 0.3 is 7.60 Å². The summed E-state index contributed by atoms with van der Waals surface area (Å²) in [6.07, 6.45) is 0. The van der Waals surface area contributed by atoms with Crippen LogP contribution in [0.25, 0.3) is 0 Å². The van der Waals surface area contributed by atoms with Gasteiger partial charge in [0.2, 0.25) is 0 Å². The van der Waals surface area contributed by atoms with Gasteiger partial charge < -0.3 is 9.05 Å². The molecule has 0 aliphatic rings. The van der Waals surface area contributed by atoms with Crippen molar-refractivity contribution < 1.29 is 18.0 Å². The van der Waals surface area contributed by atoms with Crippen molar-refractivity contribution in [3.63, 3.8) is 0 Å². The molecule has 1 rings (SSSR count). The second kappa shape index (κ2) is 7.01. The number of rotatable bonds is 6. The molecule has 120 valence electrons. The van der Waals surface area contributed by atoms with E-state index >= 15 is 0 Å². The first-order valence-electron chi connectivity index (χ1n) is 6.86. The Morgan fingerprint density at radius 2 is 1.62 bits per heavy atom. The molecule has 6 heteroatoms. The summed E-state index contributed by atoms with van der Waals surface area (Å²) in [6, 6.07) is 5.90. The standard InChI is InChI=1S/C15H25FNO3P/c1-11(15(2,3)4)17-14(21(18,19-5)20-6)12-7-9-13(16)10-8-12/h7-11,14,17H,1-6H3/t11-,14+/m0/s1. The summed E-state index contributed by atoms with van der Waals surface area (Å²) in [5.41, 5.74) is 0.629. The summed E-state index contributed by atoms with van der Waals surface area (Å²) in [5.74, 6) is -0.992. The van der Waals surface area contributed by atoms with Crippen LogP contribution in [0.2, 0.25) is 0 Å². The number of hydrogen-bond acceptors (Lipinski definition) is 4. The Hall–Kier alpha value is -0.740. The zero-order valence-electron chi connectivity index (χ0n) is 13.5. The highest BCUT2D eigenvalue weighted by molar-refractivity contribution is 7.54. The van der Waals surface area contributed by atoms with Crippen LogP contribution in [0.15, 0.2) is 24.3 Å². The first kappa shape index (κ1) is 18.3. The number of benzene rings is 1. The lowest BCUT2D eigenvalue weighted by Gasteiger charge is -2.34. The van der Waals surface area contributed by atoms with Gasteiger partial charge in [-0.05, 0) is 30.0 Å². The van der Waals surface area contributed by atoms with E-state index in [0.29, 0.717) is 5.56 Å². The predicted molar refractivity (Wildman–Crippen MR) is 82.8 cm³/mol. The zero-order valence-corrected chi connectivity index (χ0v) is 14.4. The molecular formula is C15H25FNO3P. The van der Waals surface area contributed by atoms with Crippen LogP contribution >= 0.6 is 7.60 Å². The van der Waals surface area contributed by atoms with Gasteiger partial charge in [-0.25, -0.2) is 4.39 Å². The first-order chi connectivity index (χ1) is 9.64. The lowest BCUT2D eigenvalue weighted by atomic mass is 9.88. The van der Waals surface area contributed by atoms with Crippen LogP contribution in [0.4, 0.5) is 4.39 Å². The van der Waals surface area contributed by atoms with E-state index in [4.69, 9.17) is 9.05 Å². The van der Waals surface area contributed by atoms with Gasteiger partial charge in [0.1, 0.15) is 11.6 Å². The Morgan fingerprint density at radius 1 is 1.14 bits per heavy atom. The molecule has 0 aromatic heterocycles. The fraction of sp³-hybridized carbons (Fsp3) is 0.600. The maximum atomic E-state index is 13.1. The van der Waals surface area contributed by atoms with Crippen LogP contribution in [0.1, 0.15) is 39.0 Å². The minimum atomic E-state index is -3.39. The average Bonchev–Trinajstić information content (AvgIpc) is 2.43. The Bertz CT molecular complexity index is 491. The molecular weight excluding hydrogens is 292 g/mol. The largest absolute Gasteiger partial charge is 0.351 e. The van der Waals surface area contributed by atoms with Crippen LogP contribution in [-0.4, -0.2) is 20.3 Å². The van der Waals surface area contributed by atoms with Crippen LogP contribution in [0.3, 0.4) is 0 Å². The average molecular weight is 317 g/mol. The quantitative estimate of drug-likeness (QED) is 0.793. The van der Waals surface area contributed by atoms with E-state index in [-0.39, 0.29) is 17.3 Å². The monoisotopic (exact) mass is 317 g/mol. The van der Waals surface area contributed by atoms with Crippen molar-refractivity contribution in [1.82, 2.24) is 5.32 Å². The Morgan fingerprint density at radius 3 is 2.00 bits per heavy atom. The van der Waals surface area contributed by atoms with Gasteiger partial charge in [0, 0.05) is 20.3 Å². The van der Waals surface area contributed by atoms with E-state index in [2.05, 4.69) is 26.1 Å². The second-order valence-corrected chi connectivity index (χ2v) is 8.44. The summed E-state index contributed by atoms with van der Waals surface area (Å²) in [5, 5.41) is 3.30. The molecule has 0 aliphatic carbocycles. The third kappa shape index (κ3) is 4.62. The molecule has 0 saturated heterocycles. The molecule has 1 aromatic rings. The van der Waals surface area contributed by atoms with Gasteiger partial charge in [0.05, 0.1) is 0 Å². The predicted octanol–water partition coefficient (Wildman–Crippen LogP) is 4.33. The summed E-state index contributed by atoms with van der Waals surface area (Å²) in [4.78, 5) is 0. The Balaban J connectivity index is 3.18. The molecule has 2 atom stereocenters. The van der Waals surface area contributed by atoms with Gasteiger partial charge in [-0.15, -0.1) is 0 Å². The van der Waals surface area contributed by atoms with E-state index in [0.717, 1.165) is 0 Å². The minimum Gasteiger partial charge on any atom is -0.311 e. The van der Waals surface area contributed by atoms with Crippen LogP contribution in [-0.2, 0) is 13.6 Å². The molecule has 4 nitrogen and oxygen atoms in total. The van der Waals surface area contributed by atoms with Gasteiger partial charge in [-0.1, -0.05) is 32.9 Å². The van der Waals surface area contributed by atoms with E-state index in [1.807, 2.05) is 6.92 Å². The molecule has 0 unspecified atom stereocenters. The highest BCUT2D eigenvalue weighted by atomic mass is 31.2. The van der Waals surface area contributed by atoms with Crippen molar-refractivity contribution in [2.45, 2.75) is 39.5 Å². The Labute approximate surface area is 126 Å². The van der Waals surface area contributed by atoms with Gasteiger partial charge in [-0.2, -0.15) is 0 Å². The molecule has 21 heavy (non-hydrogen) atoms. The molecule has 0 fully saturated rings. The maximum Gasteiger partial charge on any atom is 0.351 e. The van der Waals surface area contributed by atoms with E-state index in [9.17, 15) is 8.96 Å². The maximum absolute atomic E-state index is 13.1. The normalized spacial score (nSPS) is 15.8. The summed E-state index contributed by atoms with van der Waals surface area (Å²) in [7, 11) is -0.682. The lowest BCUT2D eigenvalue weighted by Crippen LogP contribution is -2.40. The molecule has 0 saturated carbocycles. The number of halogens is 1. The van der Waals surface area contributed by atoms with Crippen molar-refractivity contribution in [3.05, 3.63) is 35.6 Å². The molecule has 0 spiro atoms.